The van der Waals surface area contributed by atoms with Gasteiger partial charge in [-0.25, -0.2) is 4.99 Å². The second kappa shape index (κ2) is 6.42. The number of amides is 1. The lowest BCUT2D eigenvalue weighted by Crippen LogP contribution is -2.25. The van der Waals surface area contributed by atoms with E-state index in [0.29, 0.717) is 22.3 Å². The van der Waals surface area contributed by atoms with Gasteiger partial charge in [0.2, 0.25) is 5.91 Å². The van der Waals surface area contributed by atoms with E-state index in [4.69, 9.17) is 11.6 Å². The zero-order chi connectivity index (χ0) is 15.5. The highest BCUT2D eigenvalue weighted by molar-refractivity contribution is 8.15. The van der Waals surface area contributed by atoms with Gasteiger partial charge in [-0.3, -0.25) is 4.79 Å². The molecule has 2 N–H and O–H groups in total. The summed E-state index contributed by atoms with van der Waals surface area (Å²) in [5.41, 5.74) is 1.70. The number of phenolic OH excluding ortho intramolecular Hbond substituents is 1. The highest BCUT2D eigenvalue weighted by Crippen LogP contribution is 2.27. The summed E-state index contributed by atoms with van der Waals surface area (Å²) in [6, 6.07) is 14.0. The number of phenols is 1. The largest absolute Gasteiger partial charge is 0.508 e. The fourth-order valence-corrected chi connectivity index (χ4v) is 3.36. The van der Waals surface area contributed by atoms with Gasteiger partial charge in [0.15, 0.2) is 5.17 Å². The number of rotatable bonds is 3. The van der Waals surface area contributed by atoms with Gasteiger partial charge in [-0.1, -0.05) is 35.5 Å². The highest BCUT2D eigenvalue weighted by Gasteiger charge is 2.30. The van der Waals surface area contributed by atoms with Crippen molar-refractivity contribution < 1.29 is 9.90 Å². The Hall–Kier alpha value is -1.98. The first kappa shape index (κ1) is 14.9. The van der Waals surface area contributed by atoms with E-state index in [2.05, 4.69) is 10.3 Å². The molecule has 1 saturated heterocycles. The second-order valence-corrected chi connectivity index (χ2v) is 6.49. The van der Waals surface area contributed by atoms with Crippen molar-refractivity contribution in [3.05, 3.63) is 59.1 Å². The molecule has 0 aromatic heterocycles. The van der Waals surface area contributed by atoms with Crippen LogP contribution < -0.4 is 5.32 Å². The first-order valence-corrected chi connectivity index (χ1v) is 7.95. The van der Waals surface area contributed by atoms with Gasteiger partial charge in [0.05, 0.1) is 10.9 Å². The molecular formula is C16H13ClN2O2S. The van der Waals surface area contributed by atoms with Crippen molar-refractivity contribution in [2.24, 2.45) is 4.99 Å². The number of nitrogens with zero attached hydrogens (tertiary/aromatic N) is 1. The third-order valence-corrected chi connectivity index (χ3v) is 4.48. The number of hydrogen-bond acceptors (Lipinski definition) is 4. The average Bonchev–Trinajstić information content (AvgIpc) is 2.81. The van der Waals surface area contributed by atoms with Gasteiger partial charge < -0.3 is 10.4 Å². The van der Waals surface area contributed by atoms with Gasteiger partial charge in [0.1, 0.15) is 5.75 Å². The molecule has 0 bridgehead atoms. The van der Waals surface area contributed by atoms with Crippen LogP contribution in [0, 0.1) is 0 Å². The van der Waals surface area contributed by atoms with Crippen molar-refractivity contribution in [1.82, 2.24) is 5.32 Å². The molecule has 2 aromatic rings. The smallest absolute Gasteiger partial charge is 0.239 e. The first-order chi connectivity index (χ1) is 10.6. The fourth-order valence-electron chi connectivity index (χ4n) is 2.11. The lowest BCUT2D eigenvalue weighted by molar-refractivity contribution is -0.118. The summed E-state index contributed by atoms with van der Waals surface area (Å²) < 4.78 is 0. The molecule has 6 heteroatoms. The standard InChI is InChI=1S/C16H13ClN2O2S/c17-11-3-1-2-10(8-11)9-14-15(21)19-16(22-14)18-12-4-6-13(20)7-5-12/h1-8,14,20H,9H2,(H,18,19,21)/t14-/m0/s1. The molecule has 1 aliphatic rings. The van der Waals surface area contributed by atoms with Crippen molar-refractivity contribution in [2.45, 2.75) is 11.7 Å². The molecule has 1 atom stereocenters. The summed E-state index contributed by atoms with van der Waals surface area (Å²) in [6.45, 7) is 0. The van der Waals surface area contributed by atoms with Gasteiger partial charge in [-0.2, -0.15) is 0 Å². The lowest BCUT2D eigenvalue weighted by Gasteiger charge is -2.05. The number of halogens is 1. The molecular weight excluding hydrogens is 320 g/mol. The number of carbonyl (C=O) groups excluding carboxylic acids is 1. The Morgan fingerprint density at radius 3 is 2.73 bits per heavy atom. The zero-order valence-corrected chi connectivity index (χ0v) is 13.1. The molecule has 4 nitrogen and oxygen atoms in total. The number of aliphatic imine (C=N–C) groups is 1. The fraction of sp³-hybridized carbons (Fsp3) is 0.125. The van der Waals surface area contributed by atoms with Gasteiger partial charge in [0, 0.05) is 5.02 Å². The highest BCUT2D eigenvalue weighted by atomic mass is 35.5. The average molecular weight is 333 g/mol. The van der Waals surface area contributed by atoms with Crippen molar-refractivity contribution in [3.8, 4) is 5.75 Å². The van der Waals surface area contributed by atoms with Gasteiger partial charge in [-0.05, 0) is 48.4 Å². The minimum Gasteiger partial charge on any atom is -0.508 e. The number of nitrogens with one attached hydrogen (secondary N) is 1. The van der Waals surface area contributed by atoms with Crippen LogP contribution in [0.1, 0.15) is 5.56 Å². The third kappa shape index (κ3) is 3.61. The van der Waals surface area contributed by atoms with Crippen molar-refractivity contribution in [1.29, 1.82) is 0 Å². The Morgan fingerprint density at radius 1 is 1.23 bits per heavy atom. The normalized spacial score (nSPS) is 19.4. The van der Waals surface area contributed by atoms with Crippen LogP contribution in [0.5, 0.6) is 5.75 Å². The SMILES string of the molecule is O=C1NC(=Nc2ccc(O)cc2)S[C@H]1Cc1cccc(Cl)c1. The third-order valence-electron chi connectivity index (χ3n) is 3.17. The van der Waals surface area contributed by atoms with E-state index in [1.54, 1.807) is 24.3 Å². The van der Waals surface area contributed by atoms with Gasteiger partial charge in [0.25, 0.3) is 0 Å². The van der Waals surface area contributed by atoms with Crippen molar-refractivity contribution in [2.75, 3.05) is 0 Å². The molecule has 0 unspecified atom stereocenters. The number of benzene rings is 2. The van der Waals surface area contributed by atoms with Crippen LogP contribution in [0.2, 0.25) is 5.02 Å². The zero-order valence-electron chi connectivity index (χ0n) is 11.5. The monoisotopic (exact) mass is 332 g/mol. The summed E-state index contributed by atoms with van der Waals surface area (Å²) >= 11 is 7.37. The Bertz CT molecular complexity index is 731. The predicted octanol–water partition coefficient (Wildman–Crippen LogP) is 3.51. The number of thioether (sulfide) groups is 1. The molecule has 0 spiro atoms. The maximum atomic E-state index is 12.0. The summed E-state index contributed by atoms with van der Waals surface area (Å²) in [4.78, 5) is 16.4. The molecule has 112 valence electrons. The molecule has 1 aliphatic heterocycles. The van der Waals surface area contributed by atoms with Crippen LogP contribution in [0.25, 0.3) is 0 Å². The molecule has 2 aromatic carbocycles. The lowest BCUT2D eigenvalue weighted by atomic mass is 10.1. The van der Waals surface area contributed by atoms with Crippen LogP contribution in [-0.4, -0.2) is 21.4 Å². The van der Waals surface area contributed by atoms with Crippen LogP contribution in [0.4, 0.5) is 5.69 Å². The molecule has 1 fully saturated rings. The van der Waals surface area contributed by atoms with E-state index in [-0.39, 0.29) is 16.9 Å². The molecule has 3 rings (SSSR count). The Balaban J connectivity index is 1.71. The van der Waals surface area contributed by atoms with E-state index < -0.39 is 0 Å². The minimum absolute atomic E-state index is 0.0532. The summed E-state index contributed by atoms with van der Waals surface area (Å²) in [5, 5.41) is 13.1. The van der Waals surface area contributed by atoms with E-state index in [9.17, 15) is 9.90 Å². The second-order valence-electron chi connectivity index (χ2n) is 4.86. The van der Waals surface area contributed by atoms with Crippen LogP contribution >= 0.6 is 23.4 Å². The number of carbonyl (C=O) groups is 1. The Labute approximate surface area is 137 Å². The molecule has 0 radical (unpaired) electrons. The maximum Gasteiger partial charge on any atom is 0.239 e. The van der Waals surface area contributed by atoms with E-state index in [1.807, 2.05) is 24.3 Å². The number of aromatic hydroxyl groups is 1. The topological polar surface area (TPSA) is 61.7 Å². The van der Waals surface area contributed by atoms with E-state index >= 15 is 0 Å². The Morgan fingerprint density at radius 2 is 2.00 bits per heavy atom. The first-order valence-electron chi connectivity index (χ1n) is 6.70. The molecule has 1 heterocycles. The van der Waals surface area contributed by atoms with Crippen LogP contribution in [0.3, 0.4) is 0 Å². The summed E-state index contributed by atoms with van der Waals surface area (Å²) in [7, 11) is 0. The Kier molecular flexibility index (Phi) is 4.36. The van der Waals surface area contributed by atoms with Gasteiger partial charge in [-0.15, -0.1) is 0 Å². The quantitative estimate of drug-likeness (QED) is 0.904. The van der Waals surface area contributed by atoms with Crippen LogP contribution in [0.15, 0.2) is 53.5 Å². The maximum absolute atomic E-state index is 12.0. The van der Waals surface area contributed by atoms with Crippen LogP contribution in [-0.2, 0) is 11.2 Å². The molecule has 22 heavy (non-hydrogen) atoms. The van der Waals surface area contributed by atoms with Crippen molar-refractivity contribution in [3.63, 3.8) is 0 Å². The van der Waals surface area contributed by atoms with Gasteiger partial charge >= 0.3 is 0 Å². The van der Waals surface area contributed by atoms with Crippen molar-refractivity contribution >= 4 is 40.1 Å². The summed E-state index contributed by atoms with van der Waals surface area (Å²) in [6.07, 6.45) is 0.603. The van der Waals surface area contributed by atoms with E-state index in [0.717, 1.165) is 5.56 Å². The summed E-state index contributed by atoms with van der Waals surface area (Å²) in [5.74, 6) is 0.133. The molecule has 0 saturated carbocycles. The number of amidine groups is 1. The minimum atomic E-state index is -0.214. The molecule has 1 amide bonds. The number of hydrogen-bond donors (Lipinski definition) is 2. The predicted molar refractivity (Wildman–Crippen MR) is 89.9 cm³/mol. The molecule has 0 aliphatic carbocycles. The van der Waals surface area contributed by atoms with E-state index in [1.165, 1.54) is 11.8 Å².